The molecule has 2 N–H and O–H groups in total. The van der Waals surface area contributed by atoms with Crippen molar-refractivity contribution in [2.75, 3.05) is 25.6 Å². The molecule has 0 saturated heterocycles. The van der Waals surface area contributed by atoms with Crippen molar-refractivity contribution < 1.29 is 19.1 Å². The van der Waals surface area contributed by atoms with Gasteiger partial charge in [0.2, 0.25) is 0 Å². The lowest BCUT2D eigenvalue weighted by Crippen LogP contribution is -2.35. The molecule has 3 rings (SSSR count). The summed E-state index contributed by atoms with van der Waals surface area (Å²) in [6.45, 7) is 2.44. The van der Waals surface area contributed by atoms with E-state index in [2.05, 4.69) is 15.4 Å². The van der Waals surface area contributed by atoms with Crippen LogP contribution in [0.4, 0.5) is 5.69 Å². The zero-order valence-electron chi connectivity index (χ0n) is 17.8. The van der Waals surface area contributed by atoms with Crippen molar-refractivity contribution in [1.82, 2.24) is 9.88 Å². The molecule has 1 aliphatic carbocycles. The molecule has 1 fully saturated rings. The normalized spacial score (nSPS) is 14.3. The fraction of sp³-hybridized carbons (Fsp3) is 0.364. The maximum absolute atomic E-state index is 12.8. The number of amides is 1. The molecule has 168 valence electrons. The Balaban J connectivity index is 1.86. The van der Waals surface area contributed by atoms with Gasteiger partial charge in [0.25, 0.3) is 11.5 Å². The van der Waals surface area contributed by atoms with Gasteiger partial charge in [-0.2, -0.15) is 5.26 Å². The Labute approximate surface area is 188 Å². The molecule has 1 aliphatic rings. The third-order valence-corrected chi connectivity index (χ3v) is 5.94. The minimum atomic E-state index is -0.494. The first-order chi connectivity index (χ1) is 15.5. The lowest BCUT2D eigenvalue weighted by atomic mass is 10.3. The van der Waals surface area contributed by atoms with Crippen LogP contribution >= 0.6 is 11.3 Å². The molecular formula is C22H24N4O5S. The minimum Gasteiger partial charge on any atom is -0.482 e. The molecule has 1 saturated carbocycles. The number of nitrogens with zero attached hydrogens (tertiary/aromatic N) is 2. The number of rotatable bonds is 9. The Hall–Kier alpha value is -3.58. The summed E-state index contributed by atoms with van der Waals surface area (Å²) in [5, 5.41) is 15.4. The predicted octanol–water partition coefficient (Wildman–Crippen LogP) is 0.532. The van der Waals surface area contributed by atoms with E-state index in [0.29, 0.717) is 39.6 Å². The van der Waals surface area contributed by atoms with Gasteiger partial charge in [0, 0.05) is 31.0 Å². The molecule has 0 spiro atoms. The van der Waals surface area contributed by atoms with E-state index in [-0.39, 0.29) is 17.7 Å². The lowest BCUT2D eigenvalue weighted by Gasteiger charge is -2.06. The average molecular weight is 457 g/mol. The number of benzene rings is 1. The third-order valence-electron chi connectivity index (χ3n) is 4.81. The summed E-state index contributed by atoms with van der Waals surface area (Å²) in [4.78, 5) is 36.5. The molecule has 10 heteroatoms. The molecule has 0 radical (unpaired) electrons. The van der Waals surface area contributed by atoms with Crippen molar-refractivity contribution in [1.29, 1.82) is 5.26 Å². The van der Waals surface area contributed by atoms with E-state index in [4.69, 9.17) is 4.74 Å². The summed E-state index contributed by atoms with van der Waals surface area (Å²) < 4.78 is 12.0. The van der Waals surface area contributed by atoms with Crippen molar-refractivity contribution in [3.8, 4) is 11.8 Å². The zero-order valence-corrected chi connectivity index (χ0v) is 18.7. The summed E-state index contributed by atoms with van der Waals surface area (Å²) in [5.41, 5.74) is 0.282. The molecule has 2 aromatic rings. The van der Waals surface area contributed by atoms with Crippen LogP contribution in [-0.2, 0) is 20.9 Å². The van der Waals surface area contributed by atoms with Crippen LogP contribution < -0.4 is 30.1 Å². The molecular weight excluding hydrogens is 432 g/mol. The first-order valence-corrected chi connectivity index (χ1v) is 11.0. The summed E-state index contributed by atoms with van der Waals surface area (Å²) in [6.07, 6.45) is 3.69. The topological polar surface area (TPSA) is 122 Å². The van der Waals surface area contributed by atoms with Crippen LogP contribution in [0.2, 0.25) is 0 Å². The van der Waals surface area contributed by atoms with E-state index >= 15 is 0 Å². The number of anilines is 1. The number of nitrogens with one attached hydrogen (secondary N) is 2. The molecule has 0 aliphatic heterocycles. The van der Waals surface area contributed by atoms with Gasteiger partial charge in [0.1, 0.15) is 21.0 Å². The molecule has 0 bridgehead atoms. The Morgan fingerprint density at radius 2 is 2.16 bits per heavy atom. The average Bonchev–Trinajstić information content (AvgIpc) is 3.58. The van der Waals surface area contributed by atoms with Crippen LogP contribution in [0.5, 0.6) is 5.75 Å². The molecule has 0 unspecified atom stereocenters. The summed E-state index contributed by atoms with van der Waals surface area (Å²) in [6, 6.07) is 8.82. The van der Waals surface area contributed by atoms with E-state index in [1.165, 1.54) is 17.9 Å². The number of hydrogen-bond acceptors (Lipinski definition) is 8. The summed E-state index contributed by atoms with van der Waals surface area (Å²) in [7, 11) is 1.28. The Morgan fingerprint density at radius 1 is 1.38 bits per heavy atom. The van der Waals surface area contributed by atoms with E-state index < -0.39 is 11.9 Å². The third kappa shape index (κ3) is 5.76. The van der Waals surface area contributed by atoms with Crippen molar-refractivity contribution in [2.24, 2.45) is 5.92 Å². The number of hydrogen-bond donors (Lipinski definition) is 2. The van der Waals surface area contributed by atoms with Gasteiger partial charge in [-0.15, -0.1) is 11.3 Å². The molecule has 1 heterocycles. The van der Waals surface area contributed by atoms with Crippen molar-refractivity contribution in [3.05, 3.63) is 43.8 Å². The molecule has 32 heavy (non-hydrogen) atoms. The number of carbonyl (C=O) groups excluding carboxylic acids is 2. The fourth-order valence-electron chi connectivity index (χ4n) is 2.86. The van der Waals surface area contributed by atoms with Crippen molar-refractivity contribution in [3.63, 3.8) is 0 Å². The van der Waals surface area contributed by atoms with Gasteiger partial charge in [-0.1, -0.05) is 6.07 Å². The van der Waals surface area contributed by atoms with Crippen molar-refractivity contribution >= 4 is 40.7 Å². The second-order valence-corrected chi connectivity index (χ2v) is 8.17. The zero-order chi connectivity index (χ0) is 23.1. The van der Waals surface area contributed by atoms with Crippen LogP contribution in [0.1, 0.15) is 19.8 Å². The minimum absolute atomic E-state index is 0.0625. The maximum atomic E-state index is 12.8. The quantitative estimate of drug-likeness (QED) is 0.528. The van der Waals surface area contributed by atoms with Crippen LogP contribution in [-0.4, -0.2) is 36.7 Å². The molecule has 1 aromatic heterocycles. The standard InChI is InChI=1S/C22H24N4O5S/c1-3-26-21(29)18(32-22(26)17(10-23)20(28)25-11-14-7-8-14)12-24-15-5-4-6-16(9-15)31-13-19(27)30-2/h4-6,9,12,14,24H,3,7-8,11,13H2,1-2H3,(H,25,28). The number of nitriles is 1. The van der Waals surface area contributed by atoms with E-state index in [0.717, 1.165) is 24.2 Å². The van der Waals surface area contributed by atoms with Gasteiger partial charge < -0.3 is 20.1 Å². The van der Waals surface area contributed by atoms with Crippen LogP contribution in [0.3, 0.4) is 0 Å². The highest BCUT2D eigenvalue weighted by Gasteiger charge is 2.23. The monoisotopic (exact) mass is 456 g/mol. The molecule has 1 amide bonds. The number of thiazole rings is 1. The number of esters is 1. The first kappa shape index (κ1) is 23.1. The Bertz CT molecular complexity index is 1220. The van der Waals surface area contributed by atoms with Crippen LogP contribution in [0.15, 0.2) is 29.1 Å². The largest absolute Gasteiger partial charge is 0.482 e. The molecule has 9 nitrogen and oxygen atoms in total. The number of ether oxygens (including phenoxy) is 2. The smallest absolute Gasteiger partial charge is 0.343 e. The van der Waals surface area contributed by atoms with Gasteiger partial charge in [-0.05, 0) is 37.8 Å². The second kappa shape index (κ2) is 10.6. The van der Waals surface area contributed by atoms with Gasteiger partial charge in [0.15, 0.2) is 12.2 Å². The van der Waals surface area contributed by atoms with E-state index in [1.54, 1.807) is 31.2 Å². The predicted molar refractivity (Wildman–Crippen MR) is 120 cm³/mol. The highest BCUT2D eigenvalue weighted by Crippen LogP contribution is 2.27. The van der Waals surface area contributed by atoms with E-state index in [1.807, 2.05) is 6.07 Å². The first-order valence-electron chi connectivity index (χ1n) is 10.2. The second-order valence-electron chi connectivity index (χ2n) is 7.14. The number of aromatic nitrogens is 1. The highest BCUT2D eigenvalue weighted by molar-refractivity contribution is 7.07. The van der Waals surface area contributed by atoms with Crippen molar-refractivity contribution in [2.45, 2.75) is 26.3 Å². The molecule has 0 atom stereocenters. The van der Waals surface area contributed by atoms with Crippen LogP contribution in [0.25, 0.3) is 11.8 Å². The lowest BCUT2D eigenvalue weighted by molar-refractivity contribution is -0.142. The highest BCUT2D eigenvalue weighted by atomic mass is 32.1. The Kier molecular flexibility index (Phi) is 7.68. The van der Waals surface area contributed by atoms with Gasteiger partial charge in [-0.3, -0.25) is 14.2 Å². The number of carbonyl (C=O) groups is 2. The SMILES string of the molecule is CCn1c(=C(C#N)C(=O)NCC2CC2)sc(=CNc2cccc(OCC(=O)OC)c2)c1=O. The number of methoxy groups -OCH3 is 1. The van der Waals surface area contributed by atoms with Gasteiger partial charge in [0.05, 0.1) is 7.11 Å². The van der Waals surface area contributed by atoms with Gasteiger partial charge in [-0.25, -0.2) is 4.79 Å². The van der Waals surface area contributed by atoms with Gasteiger partial charge >= 0.3 is 5.97 Å². The fourth-order valence-corrected chi connectivity index (χ4v) is 3.95. The summed E-state index contributed by atoms with van der Waals surface area (Å²) in [5.74, 6) is -0.0141. The summed E-state index contributed by atoms with van der Waals surface area (Å²) >= 11 is 1.08. The maximum Gasteiger partial charge on any atom is 0.343 e. The van der Waals surface area contributed by atoms with Crippen LogP contribution in [0, 0.1) is 17.2 Å². The molecule has 1 aromatic carbocycles. The Morgan fingerprint density at radius 3 is 2.81 bits per heavy atom. The van der Waals surface area contributed by atoms with E-state index in [9.17, 15) is 19.6 Å².